The molecule has 2 rings (SSSR count). The van der Waals surface area contributed by atoms with Crippen LogP contribution < -0.4 is 0 Å². The highest BCUT2D eigenvalue weighted by molar-refractivity contribution is 8.13. The number of fused-ring (bicyclic) bond motifs is 1. The largest absolute Gasteiger partial charge is 0.232 e. The standard InChI is InChI=1S/C11H11ClO2S/c12-15(13,14)7-6-9-4-5-10-2-1-3-11(10)8-9/h1,3-5,8H,2,6-7H2. The lowest BCUT2D eigenvalue weighted by Gasteiger charge is -2.03. The Labute approximate surface area is 94.0 Å². The SMILES string of the molecule is O=S(=O)(Cl)CCc1ccc2c(c1)C=CC2. The second-order valence-electron chi connectivity index (χ2n) is 3.63. The summed E-state index contributed by atoms with van der Waals surface area (Å²) in [5.74, 6) is -0.00292. The van der Waals surface area contributed by atoms with Gasteiger partial charge in [-0.25, -0.2) is 8.42 Å². The first-order valence-corrected chi connectivity index (χ1v) is 7.23. The van der Waals surface area contributed by atoms with Crippen LogP contribution in [0, 0.1) is 0 Å². The molecule has 0 spiro atoms. The van der Waals surface area contributed by atoms with Gasteiger partial charge in [0.1, 0.15) is 0 Å². The van der Waals surface area contributed by atoms with Crippen LogP contribution in [-0.4, -0.2) is 14.2 Å². The minimum Gasteiger partial charge on any atom is -0.212 e. The van der Waals surface area contributed by atoms with Crippen LogP contribution >= 0.6 is 10.7 Å². The molecule has 15 heavy (non-hydrogen) atoms. The van der Waals surface area contributed by atoms with Crippen molar-refractivity contribution in [3.05, 3.63) is 41.0 Å². The number of halogens is 1. The molecule has 0 atom stereocenters. The lowest BCUT2D eigenvalue weighted by Crippen LogP contribution is -2.01. The van der Waals surface area contributed by atoms with E-state index in [-0.39, 0.29) is 5.75 Å². The predicted octanol–water partition coefficient (Wildman–Crippen LogP) is 2.37. The fourth-order valence-corrected chi connectivity index (χ4v) is 2.40. The van der Waals surface area contributed by atoms with E-state index in [1.54, 1.807) is 0 Å². The molecule has 1 aliphatic carbocycles. The molecule has 1 aromatic carbocycles. The first-order valence-electron chi connectivity index (χ1n) is 4.75. The van der Waals surface area contributed by atoms with Crippen molar-refractivity contribution < 1.29 is 8.42 Å². The number of benzene rings is 1. The number of allylic oxidation sites excluding steroid dienone is 1. The molecule has 0 aliphatic heterocycles. The van der Waals surface area contributed by atoms with Crippen molar-refractivity contribution >= 4 is 25.8 Å². The molecule has 1 aromatic rings. The maximum Gasteiger partial charge on any atom is 0.232 e. The third-order valence-electron chi connectivity index (χ3n) is 2.48. The van der Waals surface area contributed by atoms with Gasteiger partial charge in [-0.05, 0) is 29.5 Å². The second kappa shape index (κ2) is 3.99. The molecule has 1 aliphatic rings. The maximum absolute atomic E-state index is 10.8. The molecule has 0 N–H and O–H groups in total. The summed E-state index contributed by atoms with van der Waals surface area (Å²) in [6.07, 6.45) is 5.62. The van der Waals surface area contributed by atoms with Gasteiger partial charge in [0, 0.05) is 10.7 Å². The quantitative estimate of drug-likeness (QED) is 0.763. The molecule has 0 unspecified atom stereocenters. The van der Waals surface area contributed by atoms with Crippen LogP contribution in [0.3, 0.4) is 0 Å². The number of rotatable bonds is 3. The Balaban J connectivity index is 2.14. The Hall–Kier alpha value is -0.800. The van der Waals surface area contributed by atoms with Crippen LogP contribution in [0.2, 0.25) is 0 Å². The number of hydrogen-bond donors (Lipinski definition) is 0. The van der Waals surface area contributed by atoms with Crippen molar-refractivity contribution in [2.75, 3.05) is 5.75 Å². The van der Waals surface area contributed by atoms with Crippen LogP contribution in [0.15, 0.2) is 24.3 Å². The van der Waals surface area contributed by atoms with Gasteiger partial charge in [0.05, 0.1) is 5.75 Å². The highest BCUT2D eigenvalue weighted by Gasteiger charge is 2.08. The monoisotopic (exact) mass is 242 g/mol. The predicted molar refractivity (Wildman–Crippen MR) is 62.5 cm³/mol. The minimum atomic E-state index is -3.38. The number of hydrogen-bond acceptors (Lipinski definition) is 2. The van der Waals surface area contributed by atoms with Crippen LogP contribution in [0.25, 0.3) is 6.08 Å². The van der Waals surface area contributed by atoms with E-state index < -0.39 is 9.05 Å². The van der Waals surface area contributed by atoms with E-state index in [1.165, 1.54) is 11.1 Å². The van der Waals surface area contributed by atoms with Crippen molar-refractivity contribution in [1.29, 1.82) is 0 Å². The topological polar surface area (TPSA) is 34.1 Å². The van der Waals surface area contributed by atoms with Crippen LogP contribution in [0.1, 0.15) is 16.7 Å². The van der Waals surface area contributed by atoms with Gasteiger partial charge in [0.15, 0.2) is 0 Å². The molecule has 0 heterocycles. The van der Waals surface area contributed by atoms with Gasteiger partial charge in [-0.3, -0.25) is 0 Å². The lowest BCUT2D eigenvalue weighted by molar-refractivity contribution is 0.609. The van der Waals surface area contributed by atoms with E-state index in [1.807, 2.05) is 18.2 Å². The van der Waals surface area contributed by atoms with E-state index in [0.29, 0.717) is 6.42 Å². The molecule has 0 amide bonds. The molecule has 4 heteroatoms. The van der Waals surface area contributed by atoms with Gasteiger partial charge in [0.2, 0.25) is 9.05 Å². The fourth-order valence-electron chi connectivity index (χ4n) is 1.69. The molecular formula is C11H11ClO2S. The first-order chi connectivity index (χ1) is 7.04. The van der Waals surface area contributed by atoms with Crippen molar-refractivity contribution in [2.24, 2.45) is 0 Å². The molecule has 80 valence electrons. The first kappa shape index (κ1) is 10.7. The highest BCUT2D eigenvalue weighted by atomic mass is 35.7. The van der Waals surface area contributed by atoms with Gasteiger partial charge in [-0.1, -0.05) is 30.4 Å². The average Bonchev–Trinajstić information content (AvgIpc) is 2.60. The summed E-state index contributed by atoms with van der Waals surface area (Å²) >= 11 is 0. The summed E-state index contributed by atoms with van der Waals surface area (Å²) in [4.78, 5) is 0. The van der Waals surface area contributed by atoms with Crippen molar-refractivity contribution in [2.45, 2.75) is 12.8 Å². The van der Waals surface area contributed by atoms with E-state index in [4.69, 9.17) is 10.7 Å². The van der Waals surface area contributed by atoms with Crippen LogP contribution in [0.4, 0.5) is 0 Å². The normalized spacial score (nSPS) is 14.2. The zero-order chi connectivity index (χ0) is 10.9. The average molecular weight is 243 g/mol. The summed E-state index contributed by atoms with van der Waals surface area (Å²) in [6, 6.07) is 6.04. The minimum absolute atomic E-state index is 0.00292. The van der Waals surface area contributed by atoms with Crippen LogP contribution in [0.5, 0.6) is 0 Å². The Morgan fingerprint density at radius 1 is 1.33 bits per heavy atom. The van der Waals surface area contributed by atoms with Crippen molar-refractivity contribution in [3.63, 3.8) is 0 Å². The summed E-state index contributed by atoms with van der Waals surface area (Å²) in [5, 5.41) is 0. The van der Waals surface area contributed by atoms with Gasteiger partial charge in [0.25, 0.3) is 0 Å². The molecule has 0 fully saturated rings. The summed E-state index contributed by atoms with van der Waals surface area (Å²) in [7, 11) is 1.78. The van der Waals surface area contributed by atoms with Crippen LogP contribution in [-0.2, 0) is 21.9 Å². The Kier molecular flexibility index (Phi) is 2.85. The molecule has 0 saturated carbocycles. The summed E-state index contributed by atoms with van der Waals surface area (Å²) in [5.41, 5.74) is 3.51. The molecule has 0 bridgehead atoms. The molecule has 0 saturated heterocycles. The molecule has 2 nitrogen and oxygen atoms in total. The molecule has 0 radical (unpaired) electrons. The third kappa shape index (κ3) is 2.83. The lowest BCUT2D eigenvalue weighted by atomic mass is 10.0. The van der Waals surface area contributed by atoms with E-state index in [2.05, 4.69) is 12.2 Å². The molecule has 0 aromatic heterocycles. The van der Waals surface area contributed by atoms with Crippen molar-refractivity contribution in [3.8, 4) is 0 Å². The van der Waals surface area contributed by atoms with Gasteiger partial charge in [-0.2, -0.15) is 0 Å². The van der Waals surface area contributed by atoms with Crippen molar-refractivity contribution in [1.82, 2.24) is 0 Å². The smallest absolute Gasteiger partial charge is 0.212 e. The zero-order valence-electron chi connectivity index (χ0n) is 8.11. The maximum atomic E-state index is 10.8. The van der Waals surface area contributed by atoms with E-state index >= 15 is 0 Å². The Morgan fingerprint density at radius 3 is 2.87 bits per heavy atom. The van der Waals surface area contributed by atoms with Gasteiger partial charge < -0.3 is 0 Å². The summed E-state index contributed by atoms with van der Waals surface area (Å²) in [6.45, 7) is 0. The third-order valence-corrected chi connectivity index (χ3v) is 3.63. The molecular weight excluding hydrogens is 232 g/mol. The van der Waals surface area contributed by atoms with E-state index in [0.717, 1.165) is 12.0 Å². The highest BCUT2D eigenvalue weighted by Crippen LogP contribution is 2.21. The number of aryl methyl sites for hydroxylation is 1. The zero-order valence-corrected chi connectivity index (χ0v) is 9.68. The van der Waals surface area contributed by atoms with Gasteiger partial charge >= 0.3 is 0 Å². The fraction of sp³-hybridized carbons (Fsp3) is 0.273. The van der Waals surface area contributed by atoms with E-state index in [9.17, 15) is 8.42 Å². The Morgan fingerprint density at radius 2 is 2.13 bits per heavy atom. The Bertz CT molecular complexity index is 503. The summed E-state index contributed by atoms with van der Waals surface area (Å²) < 4.78 is 21.6. The second-order valence-corrected chi connectivity index (χ2v) is 6.53. The van der Waals surface area contributed by atoms with Gasteiger partial charge in [-0.15, -0.1) is 0 Å².